The number of anilines is 3. The number of hydrogen-bond acceptors (Lipinski definition) is 6. The molecular weight excluding hydrogens is 366 g/mol. The maximum atomic E-state index is 11.4. The van der Waals surface area contributed by atoms with Gasteiger partial charge in [0, 0.05) is 36.2 Å². The SMILES string of the molecule is NC(=O)Cc1ccccc1-c1ccnc(Nc2ccc(N3CCOCC3)cc2)n1. The summed E-state index contributed by atoms with van der Waals surface area (Å²) >= 11 is 0. The minimum absolute atomic E-state index is 0.173. The number of hydrogen-bond donors (Lipinski definition) is 2. The van der Waals surface area contributed by atoms with Gasteiger partial charge in [0.2, 0.25) is 11.9 Å². The highest BCUT2D eigenvalue weighted by Crippen LogP contribution is 2.25. The Morgan fingerprint density at radius 3 is 2.59 bits per heavy atom. The van der Waals surface area contributed by atoms with E-state index in [4.69, 9.17) is 10.5 Å². The monoisotopic (exact) mass is 389 g/mol. The smallest absolute Gasteiger partial charge is 0.227 e. The molecule has 3 N–H and O–H groups in total. The lowest BCUT2D eigenvalue weighted by molar-refractivity contribution is -0.117. The lowest BCUT2D eigenvalue weighted by Crippen LogP contribution is -2.36. The van der Waals surface area contributed by atoms with Crippen LogP contribution in [0.2, 0.25) is 0 Å². The van der Waals surface area contributed by atoms with Crippen molar-refractivity contribution in [2.45, 2.75) is 6.42 Å². The highest BCUT2D eigenvalue weighted by molar-refractivity contribution is 5.80. The van der Waals surface area contributed by atoms with E-state index in [0.717, 1.165) is 48.8 Å². The summed E-state index contributed by atoms with van der Waals surface area (Å²) in [6.07, 6.45) is 1.87. The summed E-state index contributed by atoms with van der Waals surface area (Å²) in [6.45, 7) is 3.33. The van der Waals surface area contributed by atoms with Crippen molar-refractivity contribution >= 4 is 23.2 Å². The average molecular weight is 389 g/mol. The summed E-state index contributed by atoms with van der Waals surface area (Å²) in [5, 5.41) is 3.25. The van der Waals surface area contributed by atoms with E-state index in [0.29, 0.717) is 5.95 Å². The molecule has 29 heavy (non-hydrogen) atoms. The predicted molar refractivity (Wildman–Crippen MR) is 113 cm³/mol. The number of benzene rings is 2. The van der Waals surface area contributed by atoms with Gasteiger partial charge in [0.05, 0.1) is 25.3 Å². The molecule has 0 radical (unpaired) electrons. The van der Waals surface area contributed by atoms with Crippen molar-refractivity contribution in [1.29, 1.82) is 0 Å². The number of aromatic nitrogens is 2. The van der Waals surface area contributed by atoms with Gasteiger partial charge in [-0.25, -0.2) is 9.97 Å². The number of carbonyl (C=O) groups is 1. The maximum Gasteiger partial charge on any atom is 0.227 e. The molecule has 2 aromatic carbocycles. The van der Waals surface area contributed by atoms with Gasteiger partial charge in [-0.1, -0.05) is 24.3 Å². The third-order valence-corrected chi connectivity index (χ3v) is 4.81. The van der Waals surface area contributed by atoms with E-state index in [1.165, 1.54) is 5.69 Å². The van der Waals surface area contributed by atoms with Crippen molar-refractivity contribution in [3.63, 3.8) is 0 Å². The molecule has 148 valence electrons. The van der Waals surface area contributed by atoms with Crippen molar-refractivity contribution < 1.29 is 9.53 Å². The second-order valence-electron chi connectivity index (χ2n) is 6.84. The average Bonchev–Trinajstić information content (AvgIpc) is 2.75. The second kappa shape index (κ2) is 8.70. The molecule has 2 heterocycles. The fourth-order valence-corrected chi connectivity index (χ4v) is 3.39. The first-order valence-electron chi connectivity index (χ1n) is 9.58. The zero-order chi connectivity index (χ0) is 20.1. The van der Waals surface area contributed by atoms with Crippen molar-refractivity contribution in [2.24, 2.45) is 5.73 Å². The molecule has 0 spiro atoms. The van der Waals surface area contributed by atoms with Gasteiger partial charge in [0.1, 0.15) is 0 Å². The Kier molecular flexibility index (Phi) is 5.67. The summed E-state index contributed by atoms with van der Waals surface area (Å²) in [7, 11) is 0. The molecule has 1 fully saturated rings. The van der Waals surface area contributed by atoms with Crippen LogP contribution in [0.3, 0.4) is 0 Å². The van der Waals surface area contributed by atoms with E-state index in [-0.39, 0.29) is 12.3 Å². The summed E-state index contributed by atoms with van der Waals surface area (Å²) in [5.74, 6) is 0.126. The summed E-state index contributed by atoms with van der Waals surface area (Å²) < 4.78 is 5.40. The minimum Gasteiger partial charge on any atom is -0.378 e. The van der Waals surface area contributed by atoms with E-state index in [2.05, 4.69) is 32.3 Å². The Morgan fingerprint density at radius 1 is 1.07 bits per heavy atom. The van der Waals surface area contributed by atoms with E-state index < -0.39 is 0 Å². The van der Waals surface area contributed by atoms with Gasteiger partial charge >= 0.3 is 0 Å². The van der Waals surface area contributed by atoms with Crippen molar-refractivity contribution in [2.75, 3.05) is 36.5 Å². The van der Waals surface area contributed by atoms with Gasteiger partial charge in [-0.05, 0) is 35.9 Å². The number of ether oxygens (including phenoxy) is 1. The number of nitrogens with two attached hydrogens (primary N) is 1. The van der Waals surface area contributed by atoms with Crippen molar-refractivity contribution in [1.82, 2.24) is 9.97 Å². The fourth-order valence-electron chi connectivity index (χ4n) is 3.39. The Morgan fingerprint density at radius 2 is 1.83 bits per heavy atom. The molecule has 7 nitrogen and oxygen atoms in total. The molecule has 1 aliphatic heterocycles. The van der Waals surface area contributed by atoms with Gasteiger partial charge in [-0.2, -0.15) is 0 Å². The van der Waals surface area contributed by atoms with E-state index in [1.807, 2.05) is 42.5 Å². The van der Waals surface area contributed by atoms with Gasteiger partial charge in [-0.15, -0.1) is 0 Å². The Bertz CT molecular complexity index is 985. The zero-order valence-corrected chi connectivity index (χ0v) is 16.0. The van der Waals surface area contributed by atoms with E-state index >= 15 is 0 Å². The number of nitrogens with zero attached hydrogens (tertiary/aromatic N) is 3. The lowest BCUT2D eigenvalue weighted by Gasteiger charge is -2.28. The van der Waals surface area contributed by atoms with Crippen LogP contribution in [-0.4, -0.2) is 42.2 Å². The summed E-state index contributed by atoms with van der Waals surface area (Å²) in [6, 6.07) is 17.6. The molecule has 3 aromatic rings. The first-order chi connectivity index (χ1) is 14.2. The molecule has 0 unspecified atom stereocenters. The predicted octanol–water partition coefficient (Wildman–Crippen LogP) is 2.75. The molecular formula is C22H23N5O2. The van der Waals surface area contributed by atoms with Crippen LogP contribution in [0, 0.1) is 0 Å². The van der Waals surface area contributed by atoms with Gasteiger partial charge in [0.15, 0.2) is 0 Å². The molecule has 1 amide bonds. The number of nitrogens with one attached hydrogen (secondary N) is 1. The quantitative estimate of drug-likeness (QED) is 0.673. The molecule has 0 saturated carbocycles. The van der Waals surface area contributed by atoms with Gasteiger partial charge < -0.3 is 20.7 Å². The number of amides is 1. The minimum atomic E-state index is -0.370. The first kappa shape index (κ1) is 18.9. The molecule has 1 aliphatic rings. The topological polar surface area (TPSA) is 93.4 Å². The summed E-state index contributed by atoms with van der Waals surface area (Å²) in [5.41, 5.74) is 9.92. The molecule has 1 aromatic heterocycles. The Hall–Kier alpha value is -3.45. The van der Waals surface area contributed by atoms with Crippen LogP contribution in [0.25, 0.3) is 11.3 Å². The molecule has 4 rings (SSSR count). The Labute approximate surface area is 169 Å². The van der Waals surface area contributed by atoms with Crippen LogP contribution in [-0.2, 0) is 16.0 Å². The van der Waals surface area contributed by atoms with Crippen LogP contribution >= 0.6 is 0 Å². The Balaban J connectivity index is 1.52. The highest BCUT2D eigenvalue weighted by atomic mass is 16.5. The van der Waals surface area contributed by atoms with Crippen LogP contribution in [0.1, 0.15) is 5.56 Å². The van der Waals surface area contributed by atoms with Crippen LogP contribution in [0.4, 0.5) is 17.3 Å². The highest BCUT2D eigenvalue weighted by Gasteiger charge is 2.12. The molecule has 0 aliphatic carbocycles. The number of primary amides is 1. The molecule has 7 heteroatoms. The zero-order valence-electron chi connectivity index (χ0n) is 16.0. The third kappa shape index (κ3) is 4.70. The number of morpholine rings is 1. The standard InChI is InChI=1S/C22H23N5O2/c23-21(28)15-16-3-1-2-4-19(16)20-9-10-24-22(26-20)25-17-5-7-18(8-6-17)27-11-13-29-14-12-27/h1-10H,11-15H2,(H2,23,28)(H,24,25,26). The van der Waals surface area contributed by atoms with Crippen LogP contribution in [0.15, 0.2) is 60.8 Å². The van der Waals surface area contributed by atoms with Crippen LogP contribution < -0.4 is 16.0 Å². The lowest BCUT2D eigenvalue weighted by atomic mass is 10.0. The number of carbonyl (C=O) groups excluding carboxylic acids is 1. The van der Waals surface area contributed by atoms with Gasteiger partial charge in [0.25, 0.3) is 0 Å². The van der Waals surface area contributed by atoms with E-state index in [9.17, 15) is 4.79 Å². The number of rotatable bonds is 6. The van der Waals surface area contributed by atoms with Crippen molar-refractivity contribution in [3.05, 3.63) is 66.4 Å². The maximum absolute atomic E-state index is 11.4. The van der Waals surface area contributed by atoms with Crippen molar-refractivity contribution in [3.8, 4) is 11.3 Å². The van der Waals surface area contributed by atoms with E-state index in [1.54, 1.807) is 6.20 Å². The molecule has 0 atom stereocenters. The molecule has 0 bridgehead atoms. The second-order valence-corrected chi connectivity index (χ2v) is 6.84. The largest absolute Gasteiger partial charge is 0.378 e. The summed E-state index contributed by atoms with van der Waals surface area (Å²) in [4.78, 5) is 22.6. The fraction of sp³-hybridized carbons (Fsp3) is 0.227. The van der Waals surface area contributed by atoms with Crippen LogP contribution in [0.5, 0.6) is 0 Å². The first-order valence-corrected chi connectivity index (χ1v) is 9.58. The molecule has 1 saturated heterocycles. The third-order valence-electron chi connectivity index (χ3n) is 4.81. The van der Waals surface area contributed by atoms with Gasteiger partial charge in [-0.3, -0.25) is 4.79 Å². The normalized spacial score (nSPS) is 13.9.